The van der Waals surface area contributed by atoms with E-state index in [0.29, 0.717) is 11.9 Å². The van der Waals surface area contributed by atoms with Gasteiger partial charge in [-0.25, -0.2) is 0 Å². The van der Waals surface area contributed by atoms with Crippen LogP contribution in [0.1, 0.15) is 25.8 Å². The minimum absolute atomic E-state index is 0.523. The van der Waals surface area contributed by atoms with Crippen LogP contribution in [-0.2, 0) is 6.54 Å². The monoisotopic (exact) mass is 237 g/mol. The van der Waals surface area contributed by atoms with Crippen LogP contribution in [-0.4, -0.2) is 28.8 Å². The fraction of sp³-hybridized carbons (Fsp3) is 0.667. The van der Waals surface area contributed by atoms with Crippen molar-refractivity contribution in [3.05, 3.63) is 18.0 Å². The number of rotatable bonds is 6. The first-order valence-electron chi connectivity index (χ1n) is 6.10. The van der Waals surface area contributed by atoms with Gasteiger partial charge in [-0.15, -0.1) is 0 Å². The third-order valence-corrected chi connectivity index (χ3v) is 2.40. The maximum absolute atomic E-state index is 5.74. The van der Waals surface area contributed by atoms with Gasteiger partial charge in [-0.1, -0.05) is 13.8 Å². The van der Waals surface area contributed by atoms with Crippen molar-refractivity contribution in [2.45, 2.75) is 33.7 Å². The number of nitrogens with two attached hydrogens (primary N) is 1. The van der Waals surface area contributed by atoms with Crippen molar-refractivity contribution < 1.29 is 0 Å². The van der Waals surface area contributed by atoms with Crippen LogP contribution in [0.4, 0.5) is 0 Å². The number of guanidine groups is 1. The molecule has 5 nitrogen and oxygen atoms in total. The van der Waals surface area contributed by atoms with E-state index in [9.17, 15) is 0 Å². The fourth-order valence-electron chi connectivity index (χ4n) is 1.39. The van der Waals surface area contributed by atoms with Crippen LogP contribution < -0.4 is 11.1 Å². The quantitative estimate of drug-likeness (QED) is 0.576. The molecule has 0 amide bonds. The molecule has 0 spiro atoms. The largest absolute Gasteiger partial charge is 0.370 e. The number of hydrogen-bond donors (Lipinski definition) is 2. The summed E-state index contributed by atoms with van der Waals surface area (Å²) < 4.78 is 1.89. The van der Waals surface area contributed by atoms with Gasteiger partial charge in [-0.3, -0.25) is 9.67 Å². The number of nitrogens with zero attached hydrogens (tertiary/aromatic N) is 3. The SMILES string of the molecule is Cc1cnn(CCNC(N)=NCCC(C)C)c1. The topological polar surface area (TPSA) is 68.2 Å². The average Bonchev–Trinajstić information content (AvgIpc) is 2.63. The Morgan fingerprint density at radius 1 is 1.59 bits per heavy atom. The highest BCUT2D eigenvalue weighted by Crippen LogP contribution is 1.98. The predicted octanol–water partition coefficient (Wildman–Crippen LogP) is 1.14. The van der Waals surface area contributed by atoms with E-state index in [-0.39, 0.29) is 0 Å². The van der Waals surface area contributed by atoms with E-state index in [4.69, 9.17) is 5.73 Å². The van der Waals surface area contributed by atoms with Crippen LogP contribution in [0.5, 0.6) is 0 Å². The molecule has 1 heterocycles. The lowest BCUT2D eigenvalue weighted by Crippen LogP contribution is -2.34. The maximum Gasteiger partial charge on any atom is 0.188 e. The molecule has 1 rings (SSSR count). The molecular weight excluding hydrogens is 214 g/mol. The molecule has 1 aromatic rings. The zero-order valence-electron chi connectivity index (χ0n) is 11.0. The van der Waals surface area contributed by atoms with Gasteiger partial charge in [0, 0.05) is 19.3 Å². The van der Waals surface area contributed by atoms with E-state index in [1.807, 2.05) is 24.0 Å². The fourth-order valence-corrected chi connectivity index (χ4v) is 1.39. The summed E-state index contributed by atoms with van der Waals surface area (Å²) in [7, 11) is 0. The molecule has 5 heteroatoms. The number of hydrogen-bond acceptors (Lipinski definition) is 2. The van der Waals surface area contributed by atoms with Gasteiger partial charge in [0.2, 0.25) is 0 Å². The van der Waals surface area contributed by atoms with Crippen LogP contribution in [0.25, 0.3) is 0 Å². The number of aromatic nitrogens is 2. The van der Waals surface area contributed by atoms with Crippen molar-refractivity contribution in [3.8, 4) is 0 Å². The molecule has 0 radical (unpaired) electrons. The normalized spacial score (nSPS) is 12.1. The Balaban J connectivity index is 2.17. The van der Waals surface area contributed by atoms with Gasteiger partial charge >= 0.3 is 0 Å². The zero-order chi connectivity index (χ0) is 12.7. The lowest BCUT2D eigenvalue weighted by atomic mass is 10.1. The number of aliphatic imine (C=N–C) groups is 1. The van der Waals surface area contributed by atoms with Crippen molar-refractivity contribution >= 4 is 5.96 Å². The van der Waals surface area contributed by atoms with Crippen LogP contribution >= 0.6 is 0 Å². The number of aryl methyl sites for hydroxylation is 1. The molecule has 0 fully saturated rings. The van der Waals surface area contributed by atoms with E-state index in [2.05, 4.69) is 29.3 Å². The standard InChI is InChI=1S/C12H23N5/c1-10(2)4-5-14-12(13)15-6-7-17-9-11(3)8-16-17/h8-10H,4-7H2,1-3H3,(H3,13,14,15). The molecule has 0 saturated heterocycles. The van der Waals surface area contributed by atoms with Crippen molar-refractivity contribution in [2.75, 3.05) is 13.1 Å². The summed E-state index contributed by atoms with van der Waals surface area (Å²) in [6.45, 7) is 8.72. The summed E-state index contributed by atoms with van der Waals surface area (Å²) in [5.41, 5.74) is 6.91. The van der Waals surface area contributed by atoms with E-state index in [1.54, 1.807) is 0 Å². The Morgan fingerprint density at radius 3 is 2.94 bits per heavy atom. The van der Waals surface area contributed by atoms with Crippen molar-refractivity contribution in [1.29, 1.82) is 0 Å². The van der Waals surface area contributed by atoms with Gasteiger partial charge in [0.25, 0.3) is 0 Å². The molecule has 96 valence electrons. The van der Waals surface area contributed by atoms with Gasteiger partial charge in [-0.2, -0.15) is 5.10 Å². The molecule has 0 aromatic carbocycles. The summed E-state index contributed by atoms with van der Waals surface area (Å²) in [6.07, 6.45) is 4.93. The molecule has 0 bridgehead atoms. The summed E-state index contributed by atoms with van der Waals surface area (Å²) in [4.78, 5) is 4.25. The Kier molecular flexibility index (Phi) is 5.52. The summed E-state index contributed by atoms with van der Waals surface area (Å²) in [5, 5.41) is 7.27. The van der Waals surface area contributed by atoms with Crippen molar-refractivity contribution in [1.82, 2.24) is 15.1 Å². The van der Waals surface area contributed by atoms with Gasteiger partial charge in [0.05, 0.1) is 12.7 Å². The van der Waals surface area contributed by atoms with Crippen molar-refractivity contribution in [3.63, 3.8) is 0 Å². The van der Waals surface area contributed by atoms with Crippen LogP contribution in [0.2, 0.25) is 0 Å². The number of nitrogens with one attached hydrogen (secondary N) is 1. The highest BCUT2D eigenvalue weighted by Gasteiger charge is 1.96. The van der Waals surface area contributed by atoms with Crippen molar-refractivity contribution in [2.24, 2.45) is 16.6 Å². The average molecular weight is 237 g/mol. The summed E-state index contributed by atoms with van der Waals surface area (Å²) in [5.74, 6) is 1.19. The predicted molar refractivity (Wildman–Crippen MR) is 70.9 cm³/mol. The Bertz CT molecular complexity index is 354. The van der Waals surface area contributed by atoms with E-state index < -0.39 is 0 Å². The van der Waals surface area contributed by atoms with E-state index in [0.717, 1.165) is 26.1 Å². The third-order valence-electron chi connectivity index (χ3n) is 2.40. The Hall–Kier alpha value is -1.52. The van der Waals surface area contributed by atoms with Crippen LogP contribution in [0.15, 0.2) is 17.4 Å². The molecule has 0 saturated carbocycles. The van der Waals surface area contributed by atoms with Crippen LogP contribution in [0, 0.1) is 12.8 Å². The lowest BCUT2D eigenvalue weighted by molar-refractivity contribution is 0.589. The van der Waals surface area contributed by atoms with Gasteiger partial charge in [-0.05, 0) is 24.8 Å². The van der Waals surface area contributed by atoms with Crippen LogP contribution in [0.3, 0.4) is 0 Å². The molecule has 0 aliphatic rings. The smallest absolute Gasteiger partial charge is 0.188 e. The second-order valence-electron chi connectivity index (χ2n) is 4.66. The Labute approximate surface area is 103 Å². The molecule has 1 aromatic heterocycles. The highest BCUT2D eigenvalue weighted by atomic mass is 15.3. The molecular formula is C12H23N5. The minimum Gasteiger partial charge on any atom is -0.370 e. The molecule has 0 unspecified atom stereocenters. The van der Waals surface area contributed by atoms with Gasteiger partial charge in [0.15, 0.2) is 5.96 Å². The molecule has 0 aliphatic heterocycles. The zero-order valence-corrected chi connectivity index (χ0v) is 11.0. The molecule has 0 atom stereocenters. The third kappa shape index (κ3) is 5.94. The highest BCUT2D eigenvalue weighted by molar-refractivity contribution is 5.77. The molecule has 3 N–H and O–H groups in total. The first kappa shape index (κ1) is 13.5. The summed E-state index contributed by atoms with van der Waals surface area (Å²) >= 11 is 0. The molecule has 17 heavy (non-hydrogen) atoms. The summed E-state index contributed by atoms with van der Waals surface area (Å²) in [6, 6.07) is 0. The van der Waals surface area contributed by atoms with E-state index in [1.165, 1.54) is 5.56 Å². The Morgan fingerprint density at radius 2 is 2.35 bits per heavy atom. The second kappa shape index (κ2) is 6.93. The molecule has 0 aliphatic carbocycles. The maximum atomic E-state index is 5.74. The second-order valence-corrected chi connectivity index (χ2v) is 4.66. The van der Waals surface area contributed by atoms with Gasteiger partial charge in [0.1, 0.15) is 0 Å². The minimum atomic E-state index is 0.523. The first-order chi connectivity index (χ1) is 8.08. The first-order valence-corrected chi connectivity index (χ1v) is 6.10. The lowest BCUT2D eigenvalue weighted by Gasteiger charge is -2.06. The van der Waals surface area contributed by atoms with E-state index >= 15 is 0 Å². The van der Waals surface area contributed by atoms with Gasteiger partial charge < -0.3 is 11.1 Å².